The molecule has 112 valence electrons. The minimum absolute atomic E-state index is 0.00645. The van der Waals surface area contributed by atoms with Crippen molar-refractivity contribution in [3.63, 3.8) is 0 Å². The largest absolute Gasteiger partial charge is 0.573 e. The molecule has 0 N–H and O–H groups in total. The zero-order valence-electron chi connectivity index (χ0n) is 9.77. The third-order valence-corrected chi connectivity index (χ3v) is 3.61. The van der Waals surface area contributed by atoms with Gasteiger partial charge in [-0.2, -0.15) is 0 Å². The van der Waals surface area contributed by atoms with Crippen molar-refractivity contribution in [3.8, 4) is 5.75 Å². The standard InChI is InChI=1S/C9H7ClF3NO5S/c1-2-5-3-7(19-9(11,12)13)6(14(15)16)4-8(5)20(10,17)18/h3-4H,2H2,1H3. The maximum atomic E-state index is 12.2. The summed E-state index contributed by atoms with van der Waals surface area (Å²) in [4.78, 5) is 8.90. The molecule has 0 atom stereocenters. The molecule has 0 saturated carbocycles. The molecule has 11 heteroatoms. The Morgan fingerprint density at radius 3 is 2.30 bits per heavy atom. The van der Waals surface area contributed by atoms with E-state index in [0.717, 1.165) is 0 Å². The molecule has 0 aliphatic carbocycles. The maximum Gasteiger partial charge on any atom is 0.573 e. The van der Waals surface area contributed by atoms with Crippen LogP contribution in [0.2, 0.25) is 0 Å². The van der Waals surface area contributed by atoms with Crippen LogP contribution in [0.3, 0.4) is 0 Å². The highest BCUT2D eigenvalue weighted by Crippen LogP contribution is 2.37. The van der Waals surface area contributed by atoms with E-state index in [1.807, 2.05) is 0 Å². The molecule has 0 amide bonds. The van der Waals surface area contributed by atoms with Crippen LogP contribution in [-0.2, 0) is 15.5 Å². The number of nitro benzene ring substituents is 1. The third kappa shape index (κ3) is 3.97. The monoisotopic (exact) mass is 333 g/mol. The lowest BCUT2D eigenvalue weighted by molar-refractivity contribution is -0.388. The Bertz CT molecular complexity index is 644. The first kappa shape index (κ1) is 16.5. The number of benzene rings is 1. The van der Waals surface area contributed by atoms with Gasteiger partial charge < -0.3 is 4.74 Å². The highest BCUT2D eigenvalue weighted by Gasteiger charge is 2.35. The number of nitro groups is 1. The van der Waals surface area contributed by atoms with Crippen LogP contribution in [0.25, 0.3) is 0 Å². The van der Waals surface area contributed by atoms with Gasteiger partial charge in [0.15, 0.2) is 0 Å². The minimum atomic E-state index is -5.14. The molecule has 0 aromatic heterocycles. The van der Waals surface area contributed by atoms with Crippen molar-refractivity contribution in [2.24, 2.45) is 0 Å². The number of hydrogen-bond donors (Lipinski definition) is 0. The van der Waals surface area contributed by atoms with Crippen molar-refractivity contribution in [2.45, 2.75) is 24.6 Å². The predicted octanol–water partition coefficient (Wildman–Crippen LogP) is 2.98. The van der Waals surface area contributed by atoms with Gasteiger partial charge in [-0.25, -0.2) is 8.42 Å². The number of alkyl halides is 3. The van der Waals surface area contributed by atoms with Gasteiger partial charge in [-0.1, -0.05) is 6.92 Å². The highest BCUT2D eigenvalue weighted by molar-refractivity contribution is 8.13. The van der Waals surface area contributed by atoms with Gasteiger partial charge in [0.25, 0.3) is 9.05 Å². The molecule has 1 rings (SSSR count). The summed E-state index contributed by atoms with van der Waals surface area (Å²) in [5.41, 5.74) is -1.26. The summed E-state index contributed by atoms with van der Waals surface area (Å²) >= 11 is 0. The highest BCUT2D eigenvalue weighted by atomic mass is 35.7. The minimum Gasteiger partial charge on any atom is -0.398 e. The van der Waals surface area contributed by atoms with Crippen molar-refractivity contribution in [1.29, 1.82) is 0 Å². The fourth-order valence-electron chi connectivity index (χ4n) is 1.44. The van der Waals surface area contributed by atoms with Gasteiger partial charge in [-0.3, -0.25) is 10.1 Å². The van der Waals surface area contributed by atoms with Gasteiger partial charge in [0.2, 0.25) is 5.75 Å². The van der Waals surface area contributed by atoms with Crippen LogP contribution in [0.4, 0.5) is 18.9 Å². The molecule has 1 aromatic rings. The van der Waals surface area contributed by atoms with Gasteiger partial charge in [-0.15, -0.1) is 13.2 Å². The van der Waals surface area contributed by atoms with Crippen LogP contribution in [0.5, 0.6) is 5.75 Å². The third-order valence-electron chi connectivity index (χ3n) is 2.21. The lowest BCUT2D eigenvalue weighted by Crippen LogP contribution is -2.18. The maximum absolute atomic E-state index is 12.2. The molecule has 0 unspecified atom stereocenters. The number of aryl methyl sites for hydroxylation is 1. The molecule has 1 aromatic carbocycles. The van der Waals surface area contributed by atoms with E-state index in [2.05, 4.69) is 4.74 Å². The summed E-state index contributed by atoms with van der Waals surface area (Å²) in [6.07, 6.45) is -5.15. The molecule has 20 heavy (non-hydrogen) atoms. The molecule has 0 fully saturated rings. The van der Waals surface area contributed by atoms with E-state index in [1.54, 1.807) is 0 Å². The fourth-order valence-corrected chi connectivity index (χ4v) is 2.64. The van der Waals surface area contributed by atoms with E-state index < -0.39 is 36.7 Å². The number of rotatable bonds is 4. The smallest absolute Gasteiger partial charge is 0.398 e. The Morgan fingerprint density at radius 1 is 1.40 bits per heavy atom. The average molecular weight is 334 g/mol. The number of nitrogens with zero attached hydrogens (tertiary/aromatic N) is 1. The van der Waals surface area contributed by atoms with Gasteiger partial charge in [-0.05, 0) is 18.1 Å². The van der Waals surface area contributed by atoms with Gasteiger partial charge >= 0.3 is 12.0 Å². The van der Waals surface area contributed by atoms with Crippen LogP contribution in [0, 0.1) is 10.1 Å². The molecule has 6 nitrogen and oxygen atoms in total. The SMILES string of the molecule is CCc1cc(OC(F)(F)F)c([N+](=O)[O-])cc1S(=O)(=O)Cl. The molecule has 0 heterocycles. The molecule has 0 saturated heterocycles. The Kier molecular flexibility index (Phi) is 4.49. The Balaban J connectivity index is 3.58. The molecular weight excluding hydrogens is 327 g/mol. The Morgan fingerprint density at radius 2 is 1.95 bits per heavy atom. The molecule has 0 bridgehead atoms. The fraction of sp³-hybridized carbons (Fsp3) is 0.333. The van der Waals surface area contributed by atoms with Crippen molar-refractivity contribution in [2.75, 3.05) is 0 Å². The lowest BCUT2D eigenvalue weighted by atomic mass is 10.1. The summed E-state index contributed by atoms with van der Waals surface area (Å²) in [6.45, 7) is 1.45. The molecular formula is C9H7ClF3NO5S. The summed E-state index contributed by atoms with van der Waals surface area (Å²) < 4.78 is 62.5. The molecule has 0 spiro atoms. The van der Waals surface area contributed by atoms with Crippen molar-refractivity contribution >= 4 is 25.4 Å². The second-order valence-corrected chi connectivity index (χ2v) is 6.06. The van der Waals surface area contributed by atoms with E-state index in [0.29, 0.717) is 12.1 Å². The lowest BCUT2D eigenvalue weighted by Gasteiger charge is -2.12. The van der Waals surface area contributed by atoms with Crippen molar-refractivity contribution in [1.82, 2.24) is 0 Å². The molecule has 0 aliphatic heterocycles. The summed E-state index contributed by atoms with van der Waals surface area (Å²) in [6, 6.07) is 1.09. The van der Waals surface area contributed by atoms with Crippen LogP contribution in [0.1, 0.15) is 12.5 Å². The first-order valence-electron chi connectivity index (χ1n) is 4.97. The predicted molar refractivity (Wildman–Crippen MR) is 62.2 cm³/mol. The summed E-state index contributed by atoms with van der Waals surface area (Å²) in [5, 5.41) is 10.7. The topological polar surface area (TPSA) is 86.5 Å². The van der Waals surface area contributed by atoms with Crippen LogP contribution < -0.4 is 4.74 Å². The Hall–Kier alpha value is -1.55. The van der Waals surface area contributed by atoms with Gasteiger partial charge in [0.1, 0.15) is 0 Å². The van der Waals surface area contributed by atoms with Crippen molar-refractivity contribution < 1.29 is 31.2 Å². The zero-order valence-corrected chi connectivity index (χ0v) is 11.3. The van der Waals surface area contributed by atoms with Gasteiger partial charge in [0, 0.05) is 16.7 Å². The number of ether oxygens (including phenoxy) is 1. The summed E-state index contributed by atoms with van der Waals surface area (Å²) in [7, 11) is 0.760. The molecule has 0 aliphatic rings. The van der Waals surface area contributed by atoms with E-state index in [-0.39, 0.29) is 12.0 Å². The summed E-state index contributed by atoms with van der Waals surface area (Å²) in [5.74, 6) is -1.09. The van der Waals surface area contributed by atoms with Gasteiger partial charge in [0.05, 0.1) is 9.82 Å². The van der Waals surface area contributed by atoms with E-state index in [4.69, 9.17) is 10.7 Å². The van der Waals surface area contributed by atoms with E-state index in [9.17, 15) is 31.7 Å². The van der Waals surface area contributed by atoms with Crippen LogP contribution >= 0.6 is 10.7 Å². The van der Waals surface area contributed by atoms with Crippen LogP contribution in [0.15, 0.2) is 17.0 Å². The molecule has 0 radical (unpaired) electrons. The second kappa shape index (κ2) is 5.44. The van der Waals surface area contributed by atoms with E-state index in [1.165, 1.54) is 6.92 Å². The number of hydrogen-bond acceptors (Lipinski definition) is 5. The quantitative estimate of drug-likeness (QED) is 0.480. The van der Waals surface area contributed by atoms with E-state index >= 15 is 0 Å². The zero-order chi connectivity index (χ0) is 15.7. The Labute approximate surface area is 115 Å². The van der Waals surface area contributed by atoms with Crippen LogP contribution in [-0.4, -0.2) is 19.7 Å². The first-order valence-corrected chi connectivity index (χ1v) is 7.28. The first-order chi connectivity index (χ1) is 8.95. The number of halogens is 4. The normalized spacial score (nSPS) is 12.2. The van der Waals surface area contributed by atoms with Crippen molar-refractivity contribution in [3.05, 3.63) is 27.8 Å². The second-order valence-electron chi connectivity index (χ2n) is 3.52. The average Bonchev–Trinajstić information content (AvgIpc) is 2.24.